The molecule has 0 fully saturated rings. The van der Waals surface area contributed by atoms with Crippen LogP contribution in [0.1, 0.15) is 5.56 Å². The fraction of sp³-hybridized carbons (Fsp3) is 0.300. The molecule has 0 aliphatic rings. The van der Waals surface area contributed by atoms with Gasteiger partial charge in [0.1, 0.15) is 0 Å². The zero-order valence-electron chi connectivity index (χ0n) is 9.26. The summed E-state index contributed by atoms with van der Waals surface area (Å²) in [5.74, 6) is -0.0387. The van der Waals surface area contributed by atoms with E-state index >= 15 is 0 Å². The number of rotatable bonds is 5. The molecule has 94 valence electrons. The second-order valence-electron chi connectivity index (χ2n) is 3.61. The highest BCUT2D eigenvalue weighted by Gasteiger charge is 2.18. The Kier molecular flexibility index (Phi) is 5.29. The minimum atomic E-state index is -3.36. The highest BCUT2D eigenvalue weighted by molar-refractivity contribution is 14.1. The molecular weight excluding hydrogens is 371 g/mol. The summed E-state index contributed by atoms with van der Waals surface area (Å²) in [6, 6.07) is 7.37. The number of nitrogens with two attached hydrogens (primary N) is 1. The first-order valence-electron chi connectivity index (χ1n) is 4.78. The zero-order chi connectivity index (χ0) is 13.1. The largest absolute Gasteiger partial charge is 0.392 e. The van der Waals surface area contributed by atoms with Gasteiger partial charge in [-0.05, 0) is 40.3 Å². The van der Waals surface area contributed by atoms with Crippen molar-refractivity contribution >= 4 is 49.8 Å². The van der Waals surface area contributed by atoms with Crippen molar-refractivity contribution in [2.75, 3.05) is 13.6 Å². The molecule has 0 saturated carbocycles. The van der Waals surface area contributed by atoms with E-state index in [-0.39, 0.29) is 17.3 Å². The Morgan fingerprint density at radius 2 is 2.18 bits per heavy atom. The molecule has 0 amide bonds. The summed E-state index contributed by atoms with van der Waals surface area (Å²) < 4.78 is 26.1. The molecule has 0 heterocycles. The van der Waals surface area contributed by atoms with Crippen LogP contribution in [0.3, 0.4) is 0 Å². The van der Waals surface area contributed by atoms with E-state index in [1.54, 1.807) is 6.07 Å². The van der Waals surface area contributed by atoms with Crippen LogP contribution in [0.5, 0.6) is 0 Å². The highest BCUT2D eigenvalue weighted by atomic mass is 127. The van der Waals surface area contributed by atoms with E-state index in [1.807, 2.05) is 18.2 Å². The van der Waals surface area contributed by atoms with Gasteiger partial charge in [-0.1, -0.05) is 24.4 Å². The van der Waals surface area contributed by atoms with Gasteiger partial charge in [-0.25, -0.2) is 8.42 Å². The SMILES string of the molecule is CN(CC(N)=S)S(=O)(=O)Cc1cccc(I)c1. The minimum Gasteiger partial charge on any atom is -0.392 e. The van der Waals surface area contributed by atoms with Crippen molar-refractivity contribution in [2.24, 2.45) is 5.73 Å². The van der Waals surface area contributed by atoms with E-state index in [1.165, 1.54) is 11.4 Å². The molecule has 1 rings (SSSR count). The van der Waals surface area contributed by atoms with Crippen LogP contribution in [0, 0.1) is 3.57 Å². The molecule has 4 nitrogen and oxygen atoms in total. The molecule has 0 aliphatic carbocycles. The summed E-state index contributed by atoms with van der Waals surface area (Å²) in [6.07, 6.45) is 0. The summed E-state index contributed by atoms with van der Waals surface area (Å²) in [7, 11) is -1.89. The summed E-state index contributed by atoms with van der Waals surface area (Å²) >= 11 is 6.84. The Hall–Kier alpha value is -0.250. The van der Waals surface area contributed by atoms with Crippen molar-refractivity contribution < 1.29 is 8.42 Å². The average Bonchev–Trinajstić information content (AvgIpc) is 2.15. The Labute approximate surface area is 120 Å². The third kappa shape index (κ3) is 4.86. The van der Waals surface area contributed by atoms with Crippen LogP contribution in [-0.2, 0) is 15.8 Å². The number of nitrogens with zero attached hydrogens (tertiary/aromatic N) is 1. The first-order valence-corrected chi connectivity index (χ1v) is 7.87. The van der Waals surface area contributed by atoms with Gasteiger partial charge in [0.05, 0.1) is 17.3 Å². The van der Waals surface area contributed by atoms with E-state index < -0.39 is 10.0 Å². The van der Waals surface area contributed by atoms with Gasteiger partial charge in [0.2, 0.25) is 10.0 Å². The predicted octanol–water partition coefficient (Wildman–Crippen LogP) is 1.34. The quantitative estimate of drug-likeness (QED) is 0.615. The van der Waals surface area contributed by atoms with Crippen molar-refractivity contribution in [2.45, 2.75) is 5.75 Å². The van der Waals surface area contributed by atoms with Gasteiger partial charge in [0, 0.05) is 10.6 Å². The van der Waals surface area contributed by atoms with Crippen molar-refractivity contribution in [3.05, 3.63) is 33.4 Å². The van der Waals surface area contributed by atoms with Gasteiger partial charge >= 0.3 is 0 Å². The second kappa shape index (κ2) is 6.07. The molecule has 17 heavy (non-hydrogen) atoms. The van der Waals surface area contributed by atoms with E-state index in [2.05, 4.69) is 22.6 Å². The molecule has 0 unspecified atom stereocenters. The Balaban J connectivity index is 2.83. The zero-order valence-corrected chi connectivity index (χ0v) is 13.0. The molecule has 0 aromatic heterocycles. The van der Waals surface area contributed by atoms with Gasteiger partial charge in [0.25, 0.3) is 0 Å². The van der Waals surface area contributed by atoms with E-state index in [0.717, 1.165) is 9.13 Å². The molecule has 2 N–H and O–H groups in total. The Morgan fingerprint density at radius 3 is 2.71 bits per heavy atom. The van der Waals surface area contributed by atoms with Crippen LogP contribution in [-0.4, -0.2) is 31.3 Å². The van der Waals surface area contributed by atoms with Gasteiger partial charge < -0.3 is 5.73 Å². The topological polar surface area (TPSA) is 63.4 Å². The maximum absolute atomic E-state index is 12.0. The Bertz CT molecular complexity index is 517. The van der Waals surface area contributed by atoms with Gasteiger partial charge in [-0.15, -0.1) is 0 Å². The number of sulfonamides is 1. The Morgan fingerprint density at radius 1 is 1.53 bits per heavy atom. The fourth-order valence-corrected chi connectivity index (χ4v) is 3.31. The third-order valence-corrected chi connectivity index (χ3v) is 4.67. The molecule has 7 heteroatoms. The summed E-state index contributed by atoms with van der Waals surface area (Å²) in [4.78, 5) is 0.165. The first kappa shape index (κ1) is 14.8. The van der Waals surface area contributed by atoms with Gasteiger partial charge in [-0.2, -0.15) is 4.31 Å². The summed E-state index contributed by atoms with van der Waals surface area (Å²) in [5.41, 5.74) is 6.09. The monoisotopic (exact) mass is 384 g/mol. The van der Waals surface area contributed by atoms with Crippen LogP contribution < -0.4 is 5.73 Å². The number of halogens is 1. The maximum Gasteiger partial charge on any atom is 0.218 e. The normalized spacial score (nSPS) is 11.7. The minimum absolute atomic E-state index is 0.0387. The summed E-state index contributed by atoms with van der Waals surface area (Å²) in [6.45, 7) is 0.0710. The molecule has 0 aliphatic heterocycles. The standard InChI is InChI=1S/C10H13IN2O2S2/c1-13(6-10(12)16)17(14,15)7-8-3-2-4-9(11)5-8/h2-5H,6-7H2,1H3,(H2,12,16). The second-order valence-corrected chi connectivity index (χ2v) is 7.45. The van der Waals surface area contributed by atoms with Crippen molar-refractivity contribution in [3.63, 3.8) is 0 Å². The molecule has 0 radical (unpaired) electrons. The van der Waals surface area contributed by atoms with E-state index in [9.17, 15) is 8.42 Å². The molecule has 0 bridgehead atoms. The predicted molar refractivity (Wildman–Crippen MR) is 81.2 cm³/mol. The maximum atomic E-state index is 12.0. The lowest BCUT2D eigenvalue weighted by atomic mass is 10.2. The number of hydrogen-bond donors (Lipinski definition) is 1. The van der Waals surface area contributed by atoms with Crippen LogP contribution >= 0.6 is 34.8 Å². The fourth-order valence-electron chi connectivity index (χ4n) is 1.27. The molecule has 0 atom stereocenters. The first-order chi connectivity index (χ1) is 7.81. The van der Waals surface area contributed by atoms with Crippen LogP contribution in [0.4, 0.5) is 0 Å². The third-order valence-electron chi connectivity index (χ3n) is 2.09. The molecule has 1 aromatic rings. The van der Waals surface area contributed by atoms with Crippen LogP contribution in [0.2, 0.25) is 0 Å². The number of likely N-dealkylation sites (N-methyl/N-ethyl adjacent to an activating group) is 1. The van der Waals surface area contributed by atoms with Gasteiger partial charge in [-0.3, -0.25) is 0 Å². The van der Waals surface area contributed by atoms with Crippen molar-refractivity contribution in [3.8, 4) is 0 Å². The lowest BCUT2D eigenvalue weighted by Gasteiger charge is -2.16. The smallest absolute Gasteiger partial charge is 0.218 e. The van der Waals surface area contributed by atoms with Crippen LogP contribution in [0.15, 0.2) is 24.3 Å². The van der Waals surface area contributed by atoms with Crippen molar-refractivity contribution in [1.29, 1.82) is 0 Å². The molecule has 0 saturated heterocycles. The van der Waals surface area contributed by atoms with E-state index in [0.29, 0.717) is 0 Å². The lowest BCUT2D eigenvalue weighted by molar-refractivity contribution is 0.505. The van der Waals surface area contributed by atoms with E-state index in [4.69, 9.17) is 18.0 Å². The molecule has 1 aromatic carbocycles. The number of thiocarbonyl (C=S) groups is 1. The van der Waals surface area contributed by atoms with Crippen LogP contribution in [0.25, 0.3) is 0 Å². The number of hydrogen-bond acceptors (Lipinski definition) is 3. The molecular formula is C10H13IN2O2S2. The number of benzene rings is 1. The van der Waals surface area contributed by atoms with Crippen molar-refractivity contribution in [1.82, 2.24) is 4.31 Å². The molecule has 0 spiro atoms. The average molecular weight is 384 g/mol. The van der Waals surface area contributed by atoms with Gasteiger partial charge in [0.15, 0.2) is 0 Å². The lowest BCUT2D eigenvalue weighted by Crippen LogP contribution is -2.35. The highest BCUT2D eigenvalue weighted by Crippen LogP contribution is 2.12. The summed E-state index contributed by atoms with van der Waals surface area (Å²) in [5, 5.41) is 0.